The van der Waals surface area contributed by atoms with E-state index in [2.05, 4.69) is 41.0 Å². The van der Waals surface area contributed by atoms with Crippen LogP contribution in [-0.2, 0) is 29.8 Å². The summed E-state index contributed by atoms with van der Waals surface area (Å²) in [6.45, 7) is 2.50. The Balaban J connectivity index is 0.00000169. The highest BCUT2D eigenvalue weighted by molar-refractivity contribution is 5.89. The molecule has 2 aromatic rings. The molecule has 0 unspecified atom stereocenters. The lowest BCUT2D eigenvalue weighted by atomic mass is 9.64. The molecule has 4 heteroatoms. The predicted molar refractivity (Wildman–Crippen MR) is 98.1 cm³/mol. The largest absolute Gasteiger partial charge is 0.351 e. The molecular formula is C20H23ClN2O. The highest BCUT2D eigenvalue weighted by Gasteiger charge is 2.45. The smallest absolute Gasteiger partial charge is 0.230 e. The van der Waals surface area contributed by atoms with Gasteiger partial charge in [0.2, 0.25) is 5.91 Å². The minimum Gasteiger partial charge on any atom is -0.351 e. The molecule has 1 saturated carbocycles. The van der Waals surface area contributed by atoms with Crippen molar-refractivity contribution in [2.45, 2.75) is 44.3 Å². The molecule has 3 nitrogen and oxygen atoms in total. The average molecular weight is 343 g/mol. The molecule has 2 aromatic carbocycles. The van der Waals surface area contributed by atoms with Crippen LogP contribution in [0, 0.1) is 0 Å². The van der Waals surface area contributed by atoms with E-state index in [0.717, 1.165) is 37.9 Å². The molecule has 1 heterocycles. The maximum absolute atomic E-state index is 12.8. The average Bonchev–Trinajstić information content (AvgIpc) is 3.00. The molecule has 1 aliphatic heterocycles. The SMILES string of the molecule is Cl.O=C(NCc1ccc2c(c1)CNC2)C1(c2ccccc2)CCC1. The molecule has 2 N–H and O–H groups in total. The Morgan fingerprint density at radius 3 is 2.50 bits per heavy atom. The van der Waals surface area contributed by atoms with Crippen molar-refractivity contribution in [3.05, 3.63) is 70.8 Å². The van der Waals surface area contributed by atoms with Crippen LogP contribution in [0.3, 0.4) is 0 Å². The zero-order chi connectivity index (χ0) is 15.7. The highest BCUT2D eigenvalue weighted by Crippen LogP contribution is 2.43. The second kappa shape index (κ2) is 6.96. The molecule has 24 heavy (non-hydrogen) atoms. The molecule has 126 valence electrons. The molecule has 0 spiro atoms. The molecule has 0 bridgehead atoms. The van der Waals surface area contributed by atoms with Gasteiger partial charge in [0, 0.05) is 19.6 Å². The van der Waals surface area contributed by atoms with Gasteiger partial charge in [0.1, 0.15) is 0 Å². The number of carbonyl (C=O) groups excluding carboxylic acids is 1. The number of nitrogens with one attached hydrogen (secondary N) is 2. The van der Waals surface area contributed by atoms with Crippen LogP contribution in [0.1, 0.15) is 41.5 Å². The fraction of sp³-hybridized carbons (Fsp3) is 0.350. The third-order valence-corrected chi connectivity index (χ3v) is 5.32. The predicted octanol–water partition coefficient (Wildman–Crippen LogP) is 3.45. The summed E-state index contributed by atoms with van der Waals surface area (Å²) in [5.74, 6) is 0.175. The number of rotatable bonds is 4. The van der Waals surface area contributed by atoms with Gasteiger partial charge in [-0.05, 0) is 35.1 Å². The van der Waals surface area contributed by atoms with Crippen LogP contribution < -0.4 is 10.6 Å². The van der Waals surface area contributed by atoms with Crippen LogP contribution >= 0.6 is 12.4 Å². The summed E-state index contributed by atoms with van der Waals surface area (Å²) in [5, 5.41) is 6.53. The molecule has 0 aromatic heterocycles. The normalized spacial score (nSPS) is 17.3. The molecule has 0 atom stereocenters. The molecule has 1 aliphatic carbocycles. The molecule has 0 radical (unpaired) electrons. The molecule has 1 amide bonds. The second-order valence-electron chi connectivity index (χ2n) is 6.69. The van der Waals surface area contributed by atoms with Crippen molar-refractivity contribution in [3.8, 4) is 0 Å². The first kappa shape index (κ1) is 17.0. The number of hydrogen-bond acceptors (Lipinski definition) is 2. The van der Waals surface area contributed by atoms with Crippen molar-refractivity contribution in [3.63, 3.8) is 0 Å². The Labute approximate surface area is 149 Å². The minimum absolute atomic E-state index is 0. The number of amides is 1. The van der Waals surface area contributed by atoms with Gasteiger partial charge in [0.25, 0.3) is 0 Å². The standard InChI is InChI=1S/C20H22N2O.ClH/c23-19(20(9-4-10-20)18-5-2-1-3-6-18)22-12-15-7-8-16-13-21-14-17(16)11-15;/h1-3,5-8,11,21H,4,9-10,12-14H2,(H,22,23);1H. The van der Waals surface area contributed by atoms with Crippen molar-refractivity contribution < 1.29 is 4.79 Å². The molecule has 2 aliphatic rings. The summed E-state index contributed by atoms with van der Waals surface area (Å²) in [6, 6.07) is 16.7. The maximum atomic E-state index is 12.8. The lowest BCUT2D eigenvalue weighted by Crippen LogP contribution is -2.48. The zero-order valence-electron chi connectivity index (χ0n) is 13.7. The number of fused-ring (bicyclic) bond motifs is 1. The van der Waals surface area contributed by atoms with Gasteiger partial charge in [-0.1, -0.05) is 55.0 Å². The van der Waals surface area contributed by atoms with Crippen molar-refractivity contribution >= 4 is 18.3 Å². The molecular weight excluding hydrogens is 320 g/mol. The zero-order valence-corrected chi connectivity index (χ0v) is 14.5. The first-order chi connectivity index (χ1) is 11.3. The Morgan fingerprint density at radius 2 is 1.79 bits per heavy atom. The van der Waals surface area contributed by atoms with Gasteiger partial charge in [-0.25, -0.2) is 0 Å². The van der Waals surface area contributed by atoms with Crippen molar-refractivity contribution in [1.29, 1.82) is 0 Å². The Hall–Kier alpha value is -1.84. The number of halogens is 1. The summed E-state index contributed by atoms with van der Waals surface area (Å²) < 4.78 is 0. The van der Waals surface area contributed by atoms with E-state index in [1.54, 1.807) is 0 Å². The Bertz CT molecular complexity index is 726. The summed E-state index contributed by atoms with van der Waals surface area (Å²) in [4.78, 5) is 12.8. The van der Waals surface area contributed by atoms with Crippen molar-refractivity contribution in [2.75, 3.05) is 0 Å². The van der Waals surface area contributed by atoms with Crippen molar-refractivity contribution in [2.24, 2.45) is 0 Å². The van der Waals surface area contributed by atoms with E-state index >= 15 is 0 Å². The van der Waals surface area contributed by atoms with E-state index in [-0.39, 0.29) is 23.7 Å². The number of benzene rings is 2. The van der Waals surface area contributed by atoms with Gasteiger partial charge in [0.15, 0.2) is 0 Å². The topological polar surface area (TPSA) is 41.1 Å². The van der Waals surface area contributed by atoms with E-state index in [4.69, 9.17) is 0 Å². The van der Waals surface area contributed by atoms with Crippen molar-refractivity contribution in [1.82, 2.24) is 10.6 Å². The third-order valence-electron chi connectivity index (χ3n) is 5.32. The van der Waals surface area contributed by atoms with Crippen LogP contribution in [0.25, 0.3) is 0 Å². The van der Waals surface area contributed by atoms with Gasteiger partial charge >= 0.3 is 0 Å². The van der Waals surface area contributed by atoms with Gasteiger partial charge in [-0.15, -0.1) is 12.4 Å². The quantitative estimate of drug-likeness (QED) is 0.893. The van der Waals surface area contributed by atoms with Crippen LogP contribution in [0.2, 0.25) is 0 Å². The summed E-state index contributed by atoms with van der Waals surface area (Å²) >= 11 is 0. The first-order valence-electron chi connectivity index (χ1n) is 8.43. The van der Waals surface area contributed by atoms with Crippen LogP contribution in [0.4, 0.5) is 0 Å². The first-order valence-corrected chi connectivity index (χ1v) is 8.43. The fourth-order valence-electron chi connectivity index (χ4n) is 3.74. The molecule has 4 rings (SSSR count). The maximum Gasteiger partial charge on any atom is 0.230 e. The summed E-state index contributed by atoms with van der Waals surface area (Å²) in [6.07, 6.45) is 3.04. The van der Waals surface area contributed by atoms with Gasteiger partial charge in [-0.3, -0.25) is 4.79 Å². The monoisotopic (exact) mass is 342 g/mol. The van der Waals surface area contributed by atoms with E-state index in [0.29, 0.717) is 6.54 Å². The van der Waals surface area contributed by atoms with Crippen LogP contribution in [0.5, 0.6) is 0 Å². The lowest BCUT2D eigenvalue weighted by molar-refractivity contribution is -0.130. The van der Waals surface area contributed by atoms with E-state index in [1.807, 2.05) is 18.2 Å². The van der Waals surface area contributed by atoms with Crippen LogP contribution in [0.15, 0.2) is 48.5 Å². The Kier molecular flexibility index (Phi) is 4.93. The minimum atomic E-state index is -0.306. The van der Waals surface area contributed by atoms with Gasteiger partial charge in [-0.2, -0.15) is 0 Å². The Morgan fingerprint density at radius 1 is 1.04 bits per heavy atom. The molecule has 1 fully saturated rings. The second-order valence-corrected chi connectivity index (χ2v) is 6.69. The highest BCUT2D eigenvalue weighted by atomic mass is 35.5. The van der Waals surface area contributed by atoms with E-state index < -0.39 is 0 Å². The number of carbonyl (C=O) groups is 1. The summed E-state index contributed by atoms with van der Waals surface area (Å²) in [7, 11) is 0. The van der Waals surface area contributed by atoms with E-state index in [1.165, 1.54) is 16.7 Å². The third kappa shape index (κ3) is 2.94. The lowest BCUT2D eigenvalue weighted by Gasteiger charge is -2.40. The molecule has 0 saturated heterocycles. The van der Waals surface area contributed by atoms with Gasteiger partial charge in [0.05, 0.1) is 5.41 Å². The fourth-order valence-corrected chi connectivity index (χ4v) is 3.74. The number of hydrogen-bond donors (Lipinski definition) is 2. The van der Waals surface area contributed by atoms with Crippen LogP contribution in [-0.4, -0.2) is 5.91 Å². The van der Waals surface area contributed by atoms with Gasteiger partial charge < -0.3 is 10.6 Å². The summed E-state index contributed by atoms with van der Waals surface area (Å²) in [5.41, 5.74) is 4.77. The van der Waals surface area contributed by atoms with E-state index in [9.17, 15) is 4.79 Å².